The molecule has 6 rings (SSSR count). The minimum absolute atomic E-state index is 0.0618. The fourth-order valence-electron chi connectivity index (χ4n) is 6.22. The van der Waals surface area contributed by atoms with E-state index >= 15 is 0 Å². The van der Waals surface area contributed by atoms with E-state index in [0.717, 1.165) is 12.8 Å². The van der Waals surface area contributed by atoms with Gasteiger partial charge >= 0.3 is 0 Å². The van der Waals surface area contributed by atoms with Crippen molar-refractivity contribution in [2.45, 2.75) is 46.0 Å². The van der Waals surface area contributed by atoms with Crippen molar-refractivity contribution in [2.24, 2.45) is 0 Å². The minimum Gasteiger partial charge on any atom is -0.144 e. The Labute approximate surface area is 241 Å². The van der Waals surface area contributed by atoms with Crippen LogP contribution in [-0.4, -0.2) is 0 Å². The lowest BCUT2D eigenvalue weighted by atomic mass is 9.73. The molecule has 0 nitrogen and oxygen atoms in total. The highest BCUT2D eigenvalue weighted by Gasteiger charge is 2.40. The van der Waals surface area contributed by atoms with Gasteiger partial charge in [0.15, 0.2) is 0 Å². The molecule has 0 bridgehead atoms. The van der Waals surface area contributed by atoms with Crippen LogP contribution >= 0.6 is 22.7 Å². The lowest BCUT2D eigenvalue weighted by molar-refractivity contribution is 0.490. The second kappa shape index (κ2) is 10.6. The van der Waals surface area contributed by atoms with Crippen molar-refractivity contribution in [1.82, 2.24) is 0 Å². The number of rotatable bonds is 7. The molecule has 39 heavy (non-hydrogen) atoms. The number of thiophene rings is 2. The zero-order valence-corrected chi connectivity index (χ0v) is 24.8. The highest BCUT2D eigenvalue weighted by molar-refractivity contribution is 7.11. The first-order valence-electron chi connectivity index (χ1n) is 13.9. The molecule has 0 spiro atoms. The second-order valence-electron chi connectivity index (χ2n) is 10.6. The lowest BCUT2D eigenvalue weighted by Crippen LogP contribution is -2.23. The zero-order chi connectivity index (χ0) is 27.0. The van der Waals surface area contributed by atoms with Crippen molar-refractivity contribution in [2.75, 3.05) is 0 Å². The van der Waals surface area contributed by atoms with E-state index in [0.29, 0.717) is 0 Å². The van der Waals surface area contributed by atoms with E-state index in [1.165, 1.54) is 65.4 Å². The Hall–Kier alpha value is -3.46. The molecular weight excluding hydrogens is 509 g/mol. The first kappa shape index (κ1) is 25.8. The van der Waals surface area contributed by atoms with Gasteiger partial charge in [-0.1, -0.05) is 80.1 Å². The van der Waals surface area contributed by atoms with Crippen LogP contribution in [0.3, 0.4) is 0 Å². The highest BCUT2D eigenvalue weighted by Crippen LogP contribution is 2.53. The monoisotopic (exact) mass is 542 g/mol. The molecule has 2 heteroatoms. The minimum atomic E-state index is 0.0618. The van der Waals surface area contributed by atoms with Crippen LogP contribution in [0, 0.1) is 13.8 Å². The summed E-state index contributed by atoms with van der Waals surface area (Å²) in [6, 6.07) is 27.6. The van der Waals surface area contributed by atoms with Crippen LogP contribution in [0.25, 0.3) is 46.6 Å². The van der Waals surface area contributed by atoms with E-state index in [1.54, 1.807) is 22.7 Å². The van der Waals surface area contributed by atoms with Gasteiger partial charge < -0.3 is 0 Å². The summed E-state index contributed by atoms with van der Waals surface area (Å²) in [6.45, 7) is 9.15. The molecule has 0 saturated heterocycles. The van der Waals surface area contributed by atoms with Gasteiger partial charge in [0.05, 0.1) is 0 Å². The van der Waals surface area contributed by atoms with Gasteiger partial charge in [-0.05, 0) is 124 Å². The van der Waals surface area contributed by atoms with Crippen LogP contribution in [0.4, 0.5) is 0 Å². The maximum Gasteiger partial charge on any atom is 0.0270 e. The molecule has 0 atom stereocenters. The van der Waals surface area contributed by atoms with E-state index in [9.17, 15) is 0 Å². The van der Waals surface area contributed by atoms with Gasteiger partial charge in [0.1, 0.15) is 0 Å². The fraction of sp³-hybridized carbons (Fsp3) is 0.189. The summed E-state index contributed by atoms with van der Waals surface area (Å²) < 4.78 is 0. The SMILES string of the molecule is CCC1(CC)c2cc(C)ccc2-c2ccc(-c3cc(C=Cc4cccs4)c(C)cc3C=Cc3cccs3)cc21. The number of fused-ring (bicyclic) bond motifs is 3. The number of benzene rings is 3. The molecule has 5 aromatic rings. The zero-order valence-electron chi connectivity index (χ0n) is 23.1. The normalized spacial score (nSPS) is 13.8. The Bertz CT molecular complexity index is 1670. The van der Waals surface area contributed by atoms with Crippen LogP contribution in [0.5, 0.6) is 0 Å². The Kier molecular flexibility index (Phi) is 7.01. The summed E-state index contributed by atoms with van der Waals surface area (Å²) in [6.07, 6.45) is 11.2. The van der Waals surface area contributed by atoms with Crippen molar-refractivity contribution < 1.29 is 0 Å². The summed E-state index contributed by atoms with van der Waals surface area (Å²) in [5.41, 5.74) is 13.6. The van der Waals surface area contributed by atoms with Crippen molar-refractivity contribution in [3.63, 3.8) is 0 Å². The van der Waals surface area contributed by atoms with E-state index in [4.69, 9.17) is 0 Å². The quantitative estimate of drug-likeness (QED) is 0.192. The topological polar surface area (TPSA) is 0 Å². The Morgan fingerprint density at radius 2 is 1.23 bits per heavy atom. The van der Waals surface area contributed by atoms with Gasteiger partial charge in [0.2, 0.25) is 0 Å². The third kappa shape index (κ3) is 4.67. The van der Waals surface area contributed by atoms with Gasteiger partial charge in [-0.15, -0.1) is 22.7 Å². The molecular formula is C37H34S2. The average molecular weight is 543 g/mol. The maximum atomic E-state index is 2.50. The molecule has 2 aromatic heterocycles. The van der Waals surface area contributed by atoms with Crippen LogP contribution in [-0.2, 0) is 5.41 Å². The summed E-state index contributed by atoms with van der Waals surface area (Å²) in [5.74, 6) is 0. The predicted molar refractivity (Wildman–Crippen MR) is 175 cm³/mol. The van der Waals surface area contributed by atoms with Gasteiger partial charge in [-0.3, -0.25) is 0 Å². The number of aryl methyl sites for hydroxylation is 2. The van der Waals surface area contributed by atoms with Gasteiger partial charge in [0, 0.05) is 15.2 Å². The van der Waals surface area contributed by atoms with Crippen molar-refractivity contribution in [1.29, 1.82) is 0 Å². The second-order valence-corrected chi connectivity index (χ2v) is 12.6. The van der Waals surface area contributed by atoms with Crippen molar-refractivity contribution in [3.8, 4) is 22.3 Å². The molecule has 1 aliphatic rings. The molecule has 0 amide bonds. The third-order valence-electron chi connectivity index (χ3n) is 8.41. The van der Waals surface area contributed by atoms with Gasteiger partial charge in [0.25, 0.3) is 0 Å². The van der Waals surface area contributed by atoms with Gasteiger partial charge in [-0.25, -0.2) is 0 Å². The molecule has 0 aliphatic heterocycles. The molecule has 1 aliphatic carbocycles. The molecule has 0 N–H and O–H groups in total. The first-order chi connectivity index (χ1) is 19.0. The van der Waals surface area contributed by atoms with Crippen molar-refractivity contribution in [3.05, 3.63) is 127 Å². The number of hydrogen-bond donors (Lipinski definition) is 0. The van der Waals surface area contributed by atoms with Crippen LogP contribution in [0.2, 0.25) is 0 Å². The standard InChI is InChI=1S/C37H34S2/c1-5-37(6-2)35-21-25(3)11-17-32(35)33-18-14-29(24-36(33)37)34-23-27(12-15-30-9-7-19-38-30)26(4)22-28(34)13-16-31-10-8-20-39-31/h7-24H,5-6H2,1-4H3. The third-order valence-corrected chi connectivity index (χ3v) is 10.1. The summed E-state index contributed by atoms with van der Waals surface area (Å²) in [4.78, 5) is 2.55. The lowest BCUT2D eigenvalue weighted by Gasteiger charge is -2.30. The van der Waals surface area contributed by atoms with E-state index in [2.05, 4.69) is 136 Å². The van der Waals surface area contributed by atoms with Crippen molar-refractivity contribution >= 4 is 47.0 Å². The molecule has 0 fully saturated rings. The fourth-order valence-corrected chi connectivity index (χ4v) is 7.45. The van der Waals surface area contributed by atoms with Crippen LogP contribution in [0.15, 0.2) is 83.6 Å². The maximum absolute atomic E-state index is 2.50. The summed E-state index contributed by atoms with van der Waals surface area (Å²) in [7, 11) is 0. The van der Waals surface area contributed by atoms with E-state index in [1.807, 2.05) is 0 Å². The molecule has 0 unspecified atom stereocenters. The summed E-state index contributed by atoms with van der Waals surface area (Å²) >= 11 is 3.55. The van der Waals surface area contributed by atoms with Crippen LogP contribution < -0.4 is 0 Å². The number of hydrogen-bond acceptors (Lipinski definition) is 2. The highest BCUT2D eigenvalue weighted by atomic mass is 32.1. The smallest absolute Gasteiger partial charge is 0.0270 e. The van der Waals surface area contributed by atoms with E-state index < -0.39 is 0 Å². The first-order valence-corrected chi connectivity index (χ1v) is 15.6. The summed E-state index contributed by atoms with van der Waals surface area (Å²) in [5, 5.41) is 4.27. The Morgan fingerprint density at radius 3 is 1.85 bits per heavy atom. The Morgan fingerprint density at radius 1 is 0.615 bits per heavy atom. The molecule has 194 valence electrons. The van der Waals surface area contributed by atoms with E-state index in [-0.39, 0.29) is 5.41 Å². The Balaban J connectivity index is 1.52. The molecule has 0 radical (unpaired) electrons. The predicted octanol–water partition coefficient (Wildman–Crippen LogP) is 11.5. The largest absolute Gasteiger partial charge is 0.144 e. The van der Waals surface area contributed by atoms with Crippen LogP contribution in [0.1, 0.15) is 69.8 Å². The van der Waals surface area contributed by atoms with Gasteiger partial charge in [-0.2, -0.15) is 0 Å². The molecule has 2 heterocycles. The molecule has 0 saturated carbocycles. The molecule has 3 aromatic carbocycles. The average Bonchev–Trinajstić information content (AvgIpc) is 3.71.